The number of nitrogens with zero attached hydrogens (tertiary/aromatic N) is 1. The number of aromatic nitrogens is 1. The van der Waals surface area contributed by atoms with Gasteiger partial charge in [-0.2, -0.15) is 0 Å². The molecule has 1 N–H and O–H groups in total. The average molecular weight is 374 g/mol. The monoisotopic (exact) mass is 374 g/mol. The highest BCUT2D eigenvalue weighted by Crippen LogP contribution is 2.26. The van der Waals surface area contributed by atoms with E-state index in [2.05, 4.69) is 4.57 Å². The summed E-state index contributed by atoms with van der Waals surface area (Å²) in [5, 5.41) is 0.913. The van der Waals surface area contributed by atoms with E-state index in [4.69, 9.17) is 0 Å². The van der Waals surface area contributed by atoms with Gasteiger partial charge in [0.2, 0.25) is 0 Å². The summed E-state index contributed by atoms with van der Waals surface area (Å²) in [5.74, 6) is -1.27. The minimum Gasteiger partial charge on any atom is -0.345 e. The number of fused-ring (bicyclic) bond motifs is 1. The fourth-order valence-corrected chi connectivity index (χ4v) is 4.03. The highest BCUT2D eigenvalue weighted by Gasteiger charge is 2.20. The maximum Gasteiger partial charge on any atom is 0.265 e. The summed E-state index contributed by atoms with van der Waals surface area (Å²) in [6.07, 6.45) is 0. The molecule has 1 heterocycles. The van der Waals surface area contributed by atoms with Gasteiger partial charge in [0.1, 0.15) is 5.82 Å². The Morgan fingerprint density at radius 3 is 2.38 bits per heavy atom. The van der Waals surface area contributed by atoms with Crippen LogP contribution in [-0.2, 0) is 16.6 Å². The predicted molar refractivity (Wildman–Crippen MR) is 98.1 cm³/mol. The van der Waals surface area contributed by atoms with Crippen molar-refractivity contribution in [3.8, 4) is 0 Å². The molecule has 0 aliphatic heterocycles. The molecule has 1 amide bonds. The van der Waals surface area contributed by atoms with Gasteiger partial charge < -0.3 is 4.57 Å². The zero-order valence-electron chi connectivity index (χ0n) is 14.7. The van der Waals surface area contributed by atoms with Crippen molar-refractivity contribution < 1.29 is 17.6 Å². The summed E-state index contributed by atoms with van der Waals surface area (Å²) < 4.78 is 41.7. The Hall–Kier alpha value is -2.67. The van der Waals surface area contributed by atoms with Crippen molar-refractivity contribution in [1.29, 1.82) is 0 Å². The highest BCUT2D eigenvalue weighted by molar-refractivity contribution is 7.90. The van der Waals surface area contributed by atoms with Crippen LogP contribution in [0, 0.1) is 19.7 Å². The van der Waals surface area contributed by atoms with Crippen LogP contribution >= 0.6 is 0 Å². The summed E-state index contributed by atoms with van der Waals surface area (Å²) in [4.78, 5) is 12.3. The second-order valence-corrected chi connectivity index (χ2v) is 7.76. The van der Waals surface area contributed by atoms with Crippen LogP contribution in [0.15, 0.2) is 47.4 Å². The molecule has 0 aliphatic rings. The number of sulfonamides is 1. The number of carbonyl (C=O) groups excluding carboxylic acids is 1. The van der Waals surface area contributed by atoms with E-state index >= 15 is 0 Å². The Morgan fingerprint density at radius 2 is 1.77 bits per heavy atom. The van der Waals surface area contributed by atoms with E-state index in [0.29, 0.717) is 0 Å². The van der Waals surface area contributed by atoms with Crippen molar-refractivity contribution >= 4 is 26.8 Å². The van der Waals surface area contributed by atoms with Crippen molar-refractivity contribution in [2.75, 3.05) is 0 Å². The third-order valence-electron chi connectivity index (χ3n) is 4.57. The lowest BCUT2D eigenvalue weighted by Crippen LogP contribution is -2.30. The molecule has 136 valence electrons. The summed E-state index contributed by atoms with van der Waals surface area (Å²) >= 11 is 0. The normalized spacial score (nSPS) is 11.7. The van der Waals surface area contributed by atoms with Gasteiger partial charge in [-0.05, 0) is 68.8 Å². The van der Waals surface area contributed by atoms with E-state index in [-0.39, 0.29) is 10.5 Å². The molecule has 0 unspecified atom stereocenters. The molecule has 3 aromatic rings. The summed E-state index contributed by atoms with van der Waals surface area (Å²) in [7, 11) is -4.07. The first-order valence-electron chi connectivity index (χ1n) is 8.16. The zero-order chi connectivity index (χ0) is 19.1. The van der Waals surface area contributed by atoms with Gasteiger partial charge >= 0.3 is 0 Å². The van der Waals surface area contributed by atoms with Gasteiger partial charge in [0.25, 0.3) is 15.9 Å². The molecule has 0 bridgehead atoms. The molecule has 3 rings (SSSR count). The molecule has 7 heteroatoms. The number of halogens is 1. The standard InChI is InChI=1S/C19H19FN2O3S/c1-4-22-13(3)12(2)17-11-14(5-10-18(17)22)19(23)21-26(24,25)16-8-6-15(20)7-9-16/h5-11H,4H2,1-3H3,(H,21,23). The molecular weight excluding hydrogens is 355 g/mol. The minimum absolute atomic E-state index is 0.169. The maximum atomic E-state index is 13.0. The molecular formula is C19H19FN2O3S. The Labute approximate surface area is 151 Å². The van der Waals surface area contributed by atoms with Gasteiger partial charge in [-0.25, -0.2) is 17.5 Å². The van der Waals surface area contributed by atoms with E-state index < -0.39 is 21.7 Å². The first kappa shape index (κ1) is 18.1. The van der Waals surface area contributed by atoms with Crippen LogP contribution in [0.2, 0.25) is 0 Å². The van der Waals surface area contributed by atoms with Crippen LogP contribution in [-0.4, -0.2) is 18.9 Å². The van der Waals surface area contributed by atoms with Crippen molar-refractivity contribution in [2.45, 2.75) is 32.2 Å². The van der Waals surface area contributed by atoms with E-state index in [9.17, 15) is 17.6 Å². The second-order valence-electron chi connectivity index (χ2n) is 6.08. The summed E-state index contributed by atoms with van der Waals surface area (Å²) in [6, 6.07) is 9.40. The lowest BCUT2D eigenvalue weighted by molar-refractivity contribution is 0.0981. The fourth-order valence-electron chi connectivity index (χ4n) is 3.05. The summed E-state index contributed by atoms with van der Waals surface area (Å²) in [6.45, 7) is 6.83. The van der Waals surface area contributed by atoms with Crippen LogP contribution < -0.4 is 4.72 Å². The van der Waals surface area contributed by atoms with E-state index in [0.717, 1.165) is 53.0 Å². The molecule has 0 saturated heterocycles. The molecule has 2 aromatic carbocycles. The molecule has 1 aromatic heterocycles. The van der Waals surface area contributed by atoms with Crippen LogP contribution in [0.1, 0.15) is 28.5 Å². The number of benzene rings is 2. The quantitative estimate of drug-likeness (QED) is 0.760. The SMILES string of the molecule is CCn1c(C)c(C)c2cc(C(=O)NS(=O)(=O)c3ccc(F)cc3)ccc21. The Balaban J connectivity index is 1.95. The van der Waals surface area contributed by atoms with Crippen LogP contribution in [0.5, 0.6) is 0 Å². The van der Waals surface area contributed by atoms with Gasteiger partial charge in [-0.1, -0.05) is 0 Å². The molecule has 0 atom stereocenters. The molecule has 0 radical (unpaired) electrons. The lowest BCUT2D eigenvalue weighted by atomic mass is 10.1. The van der Waals surface area contributed by atoms with Crippen LogP contribution in [0.3, 0.4) is 0 Å². The highest BCUT2D eigenvalue weighted by atomic mass is 32.2. The lowest BCUT2D eigenvalue weighted by Gasteiger charge is -2.08. The number of aryl methyl sites for hydroxylation is 2. The summed E-state index contributed by atoms with van der Waals surface area (Å²) in [5.41, 5.74) is 3.41. The predicted octanol–water partition coefficient (Wildman–Crippen LogP) is 3.54. The van der Waals surface area contributed by atoms with Crippen molar-refractivity contribution in [1.82, 2.24) is 9.29 Å². The molecule has 0 spiro atoms. The van der Waals surface area contributed by atoms with Gasteiger partial charge in [0.15, 0.2) is 0 Å². The first-order chi connectivity index (χ1) is 12.2. The second kappa shape index (κ2) is 6.57. The number of nitrogens with one attached hydrogen (secondary N) is 1. The number of rotatable bonds is 4. The molecule has 0 fully saturated rings. The number of hydrogen-bond acceptors (Lipinski definition) is 3. The van der Waals surface area contributed by atoms with Crippen LogP contribution in [0.4, 0.5) is 4.39 Å². The molecule has 26 heavy (non-hydrogen) atoms. The third-order valence-corrected chi connectivity index (χ3v) is 5.92. The largest absolute Gasteiger partial charge is 0.345 e. The van der Waals surface area contributed by atoms with Gasteiger partial charge in [0.05, 0.1) is 4.90 Å². The van der Waals surface area contributed by atoms with E-state index in [1.807, 2.05) is 31.6 Å². The van der Waals surface area contributed by atoms with Gasteiger partial charge in [-0.15, -0.1) is 0 Å². The van der Waals surface area contributed by atoms with Gasteiger partial charge in [0, 0.05) is 28.7 Å². The van der Waals surface area contributed by atoms with Crippen molar-refractivity contribution in [3.63, 3.8) is 0 Å². The van der Waals surface area contributed by atoms with Crippen molar-refractivity contribution in [3.05, 3.63) is 65.1 Å². The minimum atomic E-state index is -4.07. The van der Waals surface area contributed by atoms with Crippen molar-refractivity contribution in [2.24, 2.45) is 0 Å². The Morgan fingerprint density at radius 1 is 1.12 bits per heavy atom. The molecule has 0 saturated carbocycles. The number of hydrogen-bond donors (Lipinski definition) is 1. The Kier molecular flexibility index (Phi) is 4.58. The average Bonchev–Trinajstić information content (AvgIpc) is 2.85. The van der Waals surface area contributed by atoms with Crippen LogP contribution in [0.25, 0.3) is 10.9 Å². The number of amides is 1. The van der Waals surface area contributed by atoms with E-state index in [1.165, 1.54) is 0 Å². The smallest absolute Gasteiger partial charge is 0.265 e. The maximum absolute atomic E-state index is 13.0. The topological polar surface area (TPSA) is 68.2 Å². The van der Waals surface area contributed by atoms with E-state index in [1.54, 1.807) is 12.1 Å². The van der Waals surface area contributed by atoms with Gasteiger partial charge in [-0.3, -0.25) is 4.79 Å². The molecule has 5 nitrogen and oxygen atoms in total. The third kappa shape index (κ3) is 3.10. The fraction of sp³-hybridized carbons (Fsp3) is 0.211. The zero-order valence-corrected chi connectivity index (χ0v) is 15.5. The molecule has 0 aliphatic carbocycles. The first-order valence-corrected chi connectivity index (χ1v) is 9.65. The number of carbonyl (C=O) groups is 1. The Bertz CT molecular complexity index is 1100.